The van der Waals surface area contributed by atoms with Crippen LogP contribution in [0.25, 0.3) is 164 Å². The summed E-state index contributed by atoms with van der Waals surface area (Å²) < 4.78 is 20.7. The fraction of sp³-hybridized carbons (Fsp3) is 0.0561. The molecule has 0 saturated heterocycles. The molecule has 0 spiro atoms. The van der Waals surface area contributed by atoms with Gasteiger partial charge >= 0.3 is 0 Å². The van der Waals surface area contributed by atoms with Gasteiger partial charge in [-0.15, -0.1) is 11.3 Å². The summed E-state index contributed by atoms with van der Waals surface area (Å²) in [4.78, 5) is 4.37. The Balaban J connectivity index is 0.000000111. The molecule has 7 nitrogen and oxygen atoms in total. The number of thiophene rings is 1. The topological polar surface area (TPSA) is 88.4 Å². The first-order chi connectivity index (χ1) is 56.5. The monoisotopic (exact) mass is 1500 g/mol. The molecule has 2 aliphatic rings. The molecule has 21 aromatic rings. The summed E-state index contributed by atoms with van der Waals surface area (Å²) in [6.45, 7) is 9.37. The maximum absolute atomic E-state index is 6.35. The lowest BCUT2D eigenvalue weighted by atomic mass is 9.79. The third-order valence-electron chi connectivity index (χ3n) is 23.4. The molecule has 3 N–H and O–H groups in total. The fourth-order valence-electron chi connectivity index (χ4n) is 18.0. The van der Waals surface area contributed by atoms with Gasteiger partial charge < -0.3 is 29.2 Å². The predicted molar refractivity (Wildman–Crippen MR) is 483 cm³/mol. The van der Waals surface area contributed by atoms with Gasteiger partial charge in [0.05, 0.1) is 6.26 Å². The number of fused-ring (bicyclic) bond motifs is 17. The number of furan rings is 3. The Labute approximate surface area is 670 Å². The predicted octanol–water partition coefficient (Wildman–Crippen LogP) is 30.7. The number of anilines is 6. The van der Waals surface area contributed by atoms with Crippen molar-refractivity contribution in [3.05, 3.63) is 393 Å². The van der Waals surface area contributed by atoms with Crippen molar-refractivity contribution in [3.8, 4) is 77.9 Å². The number of para-hydroxylation sites is 3. The van der Waals surface area contributed by atoms with E-state index in [9.17, 15) is 0 Å². The zero-order valence-electron chi connectivity index (χ0n) is 63.8. The first-order valence-corrected chi connectivity index (χ1v) is 40.1. The Morgan fingerprint density at radius 2 is 0.861 bits per heavy atom. The SMILES string of the molecule is CC1(C)c2ccccc2-c2ccc(-c3ccc(Nc4cc(-c5cccc6ccccc56)c5sc6ccccc6c5c4)cc3)cc21.CC1(C)c2ccccc2-c2cccc(-c3cccc(Nc4cc(-c5cccnc5)c5oc6ccccc6c5c4)c3)c21.c1ccc(Nc2cc(-c3ccc4occc4c3)c3c(c2)oc2ccccc23)cc1. The van der Waals surface area contributed by atoms with Crippen molar-refractivity contribution in [2.45, 2.75) is 38.5 Å². The van der Waals surface area contributed by atoms with E-state index in [0.717, 1.165) is 111 Å². The maximum Gasteiger partial charge on any atom is 0.143 e. The molecular weight excluding hydrogens is 1420 g/mol. The van der Waals surface area contributed by atoms with Gasteiger partial charge in [-0.3, -0.25) is 4.98 Å². The van der Waals surface area contributed by atoms with Gasteiger partial charge in [-0.25, -0.2) is 0 Å². The highest BCUT2D eigenvalue weighted by molar-refractivity contribution is 7.26. The van der Waals surface area contributed by atoms with Crippen LogP contribution in [-0.2, 0) is 10.8 Å². The number of rotatable bonds is 11. The van der Waals surface area contributed by atoms with Crippen LogP contribution in [0, 0.1) is 0 Å². The normalized spacial score (nSPS) is 12.8. The lowest BCUT2D eigenvalue weighted by Gasteiger charge is -2.24. The summed E-state index contributed by atoms with van der Waals surface area (Å²) in [5.41, 5.74) is 33.4. The second-order valence-corrected chi connectivity index (χ2v) is 32.2. The number of hydrogen-bond donors (Lipinski definition) is 3. The van der Waals surface area contributed by atoms with Crippen molar-refractivity contribution in [2.24, 2.45) is 0 Å². The van der Waals surface area contributed by atoms with E-state index in [-0.39, 0.29) is 10.8 Å². The zero-order chi connectivity index (χ0) is 76.9. The van der Waals surface area contributed by atoms with Crippen molar-refractivity contribution in [3.63, 3.8) is 0 Å². The molecule has 0 unspecified atom stereocenters. The van der Waals surface area contributed by atoms with E-state index < -0.39 is 0 Å². The van der Waals surface area contributed by atoms with E-state index in [4.69, 9.17) is 13.3 Å². The van der Waals surface area contributed by atoms with Gasteiger partial charge in [0.2, 0.25) is 0 Å². The Morgan fingerprint density at radius 3 is 1.68 bits per heavy atom. The van der Waals surface area contributed by atoms with Gasteiger partial charge in [-0.1, -0.05) is 258 Å². The average Bonchev–Trinajstić information content (AvgIpc) is 1.56. The molecule has 8 heteroatoms. The van der Waals surface area contributed by atoms with Crippen molar-refractivity contribution in [2.75, 3.05) is 16.0 Å². The minimum Gasteiger partial charge on any atom is -0.464 e. The summed E-state index contributed by atoms with van der Waals surface area (Å²) in [5.74, 6) is 0. The van der Waals surface area contributed by atoms with Gasteiger partial charge in [0.15, 0.2) is 0 Å². The summed E-state index contributed by atoms with van der Waals surface area (Å²) in [5, 5.41) is 21.6. The third-order valence-corrected chi connectivity index (χ3v) is 24.7. The van der Waals surface area contributed by atoms with Gasteiger partial charge in [-0.2, -0.15) is 0 Å². The number of hydrogen-bond acceptors (Lipinski definition) is 8. The first kappa shape index (κ1) is 68.7. The Kier molecular flexibility index (Phi) is 16.6. The highest BCUT2D eigenvalue weighted by Crippen LogP contribution is 2.54. The molecule has 0 aliphatic heterocycles. The number of pyridine rings is 1. The summed E-state index contributed by atoms with van der Waals surface area (Å²) >= 11 is 1.88. The summed E-state index contributed by atoms with van der Waals surface area (Å²) in [7, 11) is 0. The van der Waals surface area contributed by atoms with Gasteiger partial charge in [-0.05, 0) is 209 Å². The van der Waals surface area contributed by atoms with Crippen LogP contribution in [0.2, 0.25) is 0 Å². The average molecular weight is 1500 g/mol. The molecule has 5 heterocycles. The van der Waals surface area contributed by atoms with Crippen LogP contribution >= 0.6 is 11.3 Å². The molecule has 0 radical (unpaired) electrons. The second kappa shape index (κ2) is 27.9. The molecule has 16 aromatic carbocycles. The molecule has 5 aromatic heterocycles. The van der Waals surface area contributed by atoms with Crippen LogP contribution in [0.5, 0.6) is 0 Å². The van der Waals surface area contributed by atoms with Crippen LogP contribution in [-0.4, -0.2) is 4.98 Å². The van der Waals surface area contributed by atoms with Crippen molar-refractivity contribution in [1.82, 2.24) is 4.98 Å². The molecule has 548 valence electrons. The summed E-state index contributed by atoms with van der Waals surface area (Å²) in [6, 6.07) is 125. The molecule has 23 rings (SSSR count). The molecule has 0 fully saturated rings. The van der Waals surface area contributed by atoms with Crippen molar-refractivity contribution in [1.29, 1.82) is 0 Å². The highest BCUT2D eigenvalue weighted by Gasteiger charge is 2.38. The van der Waals surface area contributed by atoms with E-state index in [1.54, 1.807) is 12.5 Å². The van der Waals surface area contributed by atoms with Crippen molar-refractivity contribution < 1.29 is 13.3 Å². The molecule has 115 heavy (non-hydrogen) atoms. The van der Waals surface area contributed by atoms with Crippen LogP contribution in [0.1, 0.15) is 49.9 Å². The Morgan fingerprint density at radius 1 is 0.287 bits per heavy atom. The first-order valence-electron chi connectivity index (χ1n) is 39.2. The molecule has 0 amide bonds. The van der Waals surface area contributed by atoms with Crippen LogP contribution in [0.15, 0.2) is 384 Å². The quantitative estimate of drug-likeness (QED) is 0.119. The number of aromatic nitrogens is 1. The van der Waals surface area contributed by atoms with E-state index in [1.807, 2.05) is 78.2 Å². The minimum atomic E-state index is -0.0715. The van der Waals surface area contributed by atoms with Gasteiger partial charge in [0.25, 0.3) is 0 Å². The van der Waals surface area contributed by atoms with E-state index in [1.165, 1.54) is 109 Å². The standard InChI is InChI=1S/C43H31NS.C38H28N2O.C26H17NO2/c1-43(2)39-16-7-5-13-34(39)35-23-20-29(24-40(35)43)27-18-21-30(22-19-27)44-31-25-37(33-15-9-11-28-10-3-4-12-32(28)33)42-38(26-31)36-14-6-8-17-41(36)45-42;1-38(2)34-17-5-3-13-29(34)31-16-8-15-28(36(31)38)24-10-7-12-26(20-24)40-27-21-32(25-11-9-19-39-23-25)37-33(22-27)30-14-4-6-18-35(30)41-37;1-2-6-19(7-3-1)27-20-15-22(17-10-11-23-18(14-17)12-13-28-23)26-21-8-4-5-9-24(21)29-25(26)16-20/h3-26,44H,1-2H3;3-23,40H,1-2H3;1-16,27H. The lowest BCUT2D eigenvalue weighted by Crippen LogP contribution is -2.16. The zero-order valence-corrected chi connectivity index (χ0v) is 64.6. The van der Waals surface area contributed by atoms with Crippen LogP contribution in [0.4, 0.5) is 34.1 Å². The minimum absolute atomic E-state index is 0.00427. The van der Waals surface area contributed by atoms with Gasteiger partial charge in [0.1, 0.15) is 27.9 Å². The molecule has 0 atom stereocenters. The molecule has 0 saturated carbocycles. The molecule has 2 aliphatic carbocycles. The maximum atomic E-state index is 6.35. The fourth-order valence-corrected chi connectivity index (χ4v) is 19.2. The van der Waals surface area contributed by atoms with Gasteiger partial charge in [0, 0.05) is 127 Å². The third kappa shape index (κ3) is 12.2. The highest BCUT2D eigenvalue weighted by atomic mass is 32.1. The van der Waals surface area contributed by atoms with Crippen LogP contribution in [0.3, 0.4) is 0 Å². The van der Waals surface area contributed by atoms with E-state index >= 15 is 0 Å². The molecule has 0 bridgehead atoms. The lowest BCUT2D eigenvalue weighted by molar-refractivity contribution is 0.616. The number of benzene rings is 16. The number of nitrogens with one attached hydrogen (secondary N) is 3. The second-order valence-electron chi connectivity index (χ2n) is 31.2. The largest absolute Gasteiger partial charge is 0.464 e. The molecular formula is C107H76N4O3S. The van der Waals surface area contributed by atoms with Crippen molar-refractivity contribution >= 4 is 131 Å². The number of nitrogens with zero attached hydrogens (tertiary/aromatic N) is 1. The van der Waals surface area contributed by atoms with E-state index in [2.05, 4.69) is 340 Å². The van der Waals surface area contributed by atoms with Crippen LogP contribution < -0.4 is 16.0 Å². The Bertz CT molecular complexity index is 7380. The Hall–Kier alpha value is -14.3. The van der Waals surface area contributed by atoms with E-state index in [0.29, 0.717) is 0 Å². The smallest absolute Gasteiger partial charge is 0.143 e. The summed E-state index contributed by atoms with van der Waals surface area (Å²) in [6.07, 6.45) is 5.42.